The van der Waals surface area contributed by atoms with Gasteiger partial charge in [-0.3, -0.25) is 14.2 Å². The van der Waals surface area contributed by atoms with Gasteiger partial charge in [0.1, 0.15) is 5.69 Å². The lowest BCUT2D eigenvalue weighted by Gasteiger charge is -2.24. The number of benzene rings is 1. The number of hydrogen-bond acceptors (Lipinski definition) is 4. The average molecular weight is 383 g/mol. The molecule has 1 atom stereocenters. The number of nitrogens with zero attached hydrogens (tertiary/aromatic N) is 6. The van der Waals surface area contributed by atoms with Crippen LogP contribution in [0.25, 0.3) is 6.08 Å². The first-order chi connectivity index (χ1) is 13.0. The molecule has 1 aromatic carbocycles. The van der Waals surface area contributed by atoms with Gasteiger partial charge in [-0.25, -0.2) is 0 Å². The number of amides is 1. The van der Waals surface area contributed by atoms with Crippen molar-refractivity contribution in [3.8, 4) is 0 Å². The van der Waals surface area contributed by atoms with Gasteiger partial charge in [0.2, 0.25) is 0 Å². The summed E-state index contributed by atoms with van der Waals surface area (Å²) in [5, 5.41) is 12.8. The predicted octanol–water partition coefficient (Wildman–Crippen LogP) is 2.66. The van der Waals surface area contributed by atoms with Crippen molar-refractivity contribution in [2.45, 2.75) is 12.5 Å². The topological polar surface area (TPSA) is 68.8 Å². The molecule has 0 spiro atoms. The minimum atomic E-state index is -0.0897. The molecule has 7 nitrogen and oxygen atoms in total. The molecule has 4 rings (SSSR count). The molecule has 0 fully saturated rings. The van der Waals surface area contributed by atoms with Crippen LogP contribution in [0.4, 0.5) is 0 Å². The van der Waals surface area contributed by atoms with Gasteiger partial charge >= 0.3 is 0 Å². The Bertz CT molecular complexity index is 1000. The van der Waals surface area contributed by atoms with E-state index in [4.69, 9.17) is 11.6 Å². The van der Waals surface area contributed by atoms with Gasteiger partial charge in [0.05, 0.1) is 29.2 Å². The fraction of sp³-hybridized carbons (Fsp3) is 0.263. The second-order valence-corrected chi connectivity index (χ2v) is 6.95. The summed E-state index contributed by atoms with van der Waals surface area (Å²) in [5.41, 5.74) is 3.43. The molecular weight excluding hydrogens is 364 g/mol. The lowest BCUT2D eigenvalue weighted by Crippen LogP contribution is -2.30. The van der Waals surface area contributed by atoms with E-state index < -0.39 is 0 Å². The standard InChI is InChI=1S/C19H19ClN6O/c1-24-12-13(22-23-24)6-5-9-26-17(10-18-16(20)11-21-25(18)2)14-7-3-4-8-15(14)19(26)27/h3-8,11-12,17H,9-10H2,1-2H3/b6-5+/t17-/m0/s1. The van der Waals surface area contributed by atoms with Crippen LogP contribution in [0.1, 0.15) is 33.4 Å². The van der Waals surface area contributed by atoms with E-state index in [9.17, 15) is 4.79 Å². The first-order valence-electron chi connectivity index (χ1n) is 8.63. The summed E-state index contributed by atoms with van der Waals surface area (Å²) in [5.74, 6) is 0.0256. The number of hydrogen-bond donors (Lipinski definition) is 0. The van der Waals surface area contributed by atoms with E-state index in [1.807, 2.05) is 61.6 Å². The molecule has 0 saturated carbocycles. The maximum absolute atomic E-state index is 13.0. The minimum absolute atomic E-state index is 0.0256. The smallest absolute Gasteiger partial charge is 0.255 e. The molecule has 0 unspecified atom stereocenters. The molecular formula is C19H19ClN6O. The first-order valence-corrected chi connectivity index (χ1v) is 9.01. The normalized spacial score (nSPS) is 16.5. The number of aryl methyl sites for hydroxylation is 2. The molecule has 1 aliphatic heterocycles. The van der Waals surface area contributed by atoms with Crippen LogP contribution in [0.2, 0.25) is 5.02 Å². The summed E-state index contributed by atoms with van der Waals surface area (Å²) in [4.78, 5) is 14.8. The maximum Gasteiger partial charge on any atom is 0.255 e. The quantitative estimate of drug-likeness (QED) is 0.680. The van der Waals surface area contributed by atoms with Crippen LogP contribution >= 0.6 is 11.6 Å². The lowest BCUT2D eigenvalue weighted by atomic mass is 10.0. The Morgan fingerprint density at radius 3 is 2.78 bits per heavy atom. The van der Waals surface area contributed by atoms with Crippen molar-refractivity contribution in [2.24, 2.45) is 14.1 Å². The SMILES string of the molecule is Cn1cc(/C=C/CN2C(=O)c3ccccc3[C@@H]2Cc2c(Cl)cnn2C)nn1. The molecule has 3 aromatic rings. The van der Waals surface area contributed by atoms with Crippen LogP contribution in [-0.4, -0.2) is 42.1 Å². The fourth-order valence-corrected chi connectivity index (χ4v) is 3.70. The Hall–Kier alpha value is -2.93. The predicted molar refractivity (Wildman–Crippen MR) is 102 cm³/mol. The van der Waals surface area contributed by atoms with Crippen LogP contribution < -0.4 is 0 Å². The van der Waals surface area contributed by atoms with Crippen molar-refractivity contribution < 1.29 is 4.79 Å². The van der Waals surface area contributed by atoms with Gasteiger partial charge in [-0.1, -0.05) is 41.1 Å². The number of fused-ring (bicyclic) bond motifs is 1. The minimum Gasteiger partial charge on any atom is -0.327 e. The molecule has 3 heterocycles. The second kappa shape index (κ2) is 7.00. The number of halogens is 1. The highest BCUT2D eigenvalue weighted by molar-refractivity contribution is 6.31. The molecule has 0 N–H and O–H groups in total. The molecule has 1 amide bonds. The van der Waals surface area contributed by atoms with Gasteiger partial charge in [-0.15, -0.1) is 5.10 Å². The maximum atomic E-state index is 13.0. The van der Waals surface area contributed by atoms with Crippen LogP contribution in [0, 0.1) is 0 Å². The van der Waals surface area contributed by atoms with E-state index in [2.05, 4.69) is 15.4 Å². The third-order valence-corrected chi connectivity index (χ3v) is 5.11. The van der Waals surface area contributed by atoms with Crippen molar-refractivity contribution in [3.05, 3.63) is 70.3 Å². The number of carbonyl (C=O) groups is 1. The average Bonchev–Trinajstić information content (AvgIpc) is 3.30. The molecule has 8 heteroatoms. The summed E-state index contributed by atoms with van der Waals surface area (Å²) in [7, 11) is 3.68. The molecule has 0 saturated heterocycles. The number of carbonyl (C=O) groups excluding carboxylic acids is 1. The highest BCUT2D eigenvalue weighted by Crippen LogP contribution is 2.36. The third kappa shape index (κ3) is 3.26. The van der Waals surface area contributed by atoms with E-state index in [-0.39, 0.29) is 11.9 Å². The molecule has 1 aliphatic rings. The van der Waals surface area contributed by atoms with Crippen LogP contribution in [0.5, 0.6) is 0 Å². The van der Waals surface area contributed by atoms with Gasteiger partial charge in [-0.2, -0.15) is 5.10 Å². The van der Waals surface area contributed by atoms with Gasteiger partial charge in [-0.05, 0) is 17.7 Å². The van der Waals surface area contributed by atoms with Gasteiger partial charge < -0.3 is 4.90 Å². The largest absolute Gasteiger partial charge is 0.327 e. The Balaban J connectivity index is 1.62. The summed E-state index contributed by atoms with van der Waals surface area (Å²) >= 11 is 6.30. The van der Waals surface area contributed by atoms with E-state index >= 15 is 0 Å². The molecule has 0 bridgehead atoms. The molecule has 0 radical (unpaired) electrons. The van der Waals surface area contributed by atoms with Gasteiger partial charge in [0.15, 0.2) is 0 Å². The second-order valence-electron chi connectivity index (χ2n) is 6.55. The van der Waals surface area contributed by atoms with Crippen molar-refractivity contribution in [1.82, 2.24) is 29.7 Å². The summed E-state index contributed by atoms with van der Waals surface area (Å²) < 4.78 is 3.41. The van der Waals surface area contributed by atoms with Gasteiger partial charge in [0, 0.05) is 32.6 Å². The lowest BCUT2D eigenvalue weighted by molar-refractivity contribution is 0.0746. The Morgan fingerprint density at radius 1 is 1.26 bits per heavy atom. The Kier molecular flexibility index (Phi) is 4.53. The van der Waals surface area contributed by atoms with Crippen molar-refractivity contribution in [1.29, 1.82) is 0 Å². The highest BCUT2D eigenvalue weighted by Gasteiger charge is 2.36. The molecule has 27 heavy (non-hydrogen) atoms. The summed E-state index contributed by atoms with van der Waals surface area (Å²) in [6.45, 7) is 0.476. The number of aromatic nitrogens is 5. The molecule has 138 valence electrons. The fourth-order valence-electron chi connectivity index (χ4n) is 3.45. The van der Waals surface area contributed by atoms with E-state index in [0.717, 1.165) is 22.5 Å². The van der Waals surface area contributed by atoms with E-state index in [1.54, 1.807) is 15.6 Å². The number of rotatable bonds is 5. The zero-order chi connectivity index (χ0) is 19.0. The first kappa shape index (κ1) is 17.5. The van der Waals surface area contributed by atoms with Crippen LogP contribution in [0.15, 0.2) is 42.7 Å². The molecule has 2 aromatic heterocycles. The highest BCUT2D eigenvalue weighted by atomic mass is 35.5. The third-order valence-electron chi connectivity index (χ3n) is 4.80. The van der Waals surface area contributed by atoms with Crippen LogP contribution in [-0.2, 0) is 20.5 Å². The summed E-state index contributed by atoms with van der Waals surface area (Å²) in [6.07, 6.45) is 7.88. The zero-order valence-electron chi connectivity index (χ0n) is 15.1. The van der Waals surface area contributed by atoms with E-state index in [0.29, 0.717) is 18.0 Å². The van der Waals surface area contributed by atoms with E-state index in [1.165, 1.54) is 0 Å². The molecule has 0 aliphatic carbocycles. The Labute approximate surface area is 161 Å². The zero-order valence-corrected chi connectivity index (χ0v) is 15.8. The van der Waals surface area contributed by atoms with Crippen LogP contribution in [0.3, 0.4) is 0 Å². The van der Waals surface area contributed by atoms with Crippen molar-refractivity contribution in [3.63, 3.8) is 0 Å². The van der Waals surface area contributed by atoms with Gasteiger partial charge in [0.25, 0.3) is 5.91 Å². The van der Waals surface area contributed by atoms with Crippen molar-refractivity contribution in [2.75, 3.05) is 6.54 Å². The summed E-state index contributed by atoms with van der Waals surface area (Å²) in [6, 6.07) is 7.65. The Morgan fingerprint density at radius 2 is 2.07 bits per heavy atom. The van der Waals surface area contributed by atoms with Crippen molar-refractivity contribution >= 4 is 23.6 Å². The monoisotopic (exact) mass is 382 g/mol.